The van der Waals surface area contributed by atoms with Crippen LogP contribution in [0.25, 0.3) is 0 Å². The van der Waals surface area contributed by atoms with E-state index in [0.717, 1.165) is 25.9 Å². The molecule has 4 N–H and O–H groups in total. The molecule has 8 heteroatoms. The number of likely N-dealkylation sites (tertiary alicyclic amines) is 1. The maximum Gasteiger partial charge on any atom is 0.310 e. The molecule has 8 nitrogen and oxygen atoms in total. The molecule has 1 aliphatic rings. The van der Waals surface area contributed by atoms with Crippen LogP contribution in [-0.2, 0) is 22.7 Å². The van der Waals surface area contributed by atoms with E-state index in [1.54, 1.807) is 0 Å². The van der Waals surface area contributed by atoms with Crippen LogP contribution in [0.2, 0.25) is 0 Å². The molecule has 0 spiro atoms. The number of nitrogens with two attached hydrogens (primary N) is 2. The number of aromatic nitrogens is 3. The summed E-state index contributed by atoms with van der Waals surface area (Å²) in [5.74, 6) is -0.0879. The van der Waals surface area contributed by atoms with Crippen LogP contribution in [0.5, 0.6) is 0 Å². The van der Waals surface area contributed by atoms with Gasteiger partial charge >= 0.3 is 5.97 Å². The predicted molar refractivity (Wildman–Crippen MR) is 92.9 cm³/mol. The molecular weight excluding hydrogens is 320 g/mol. The minimum Gasteiger partial charge on any atom is -0.457 e. The molecule has 1 saturated heterocycles. The highest BCUT2D eigenvalue weighted by Crippen LogP contribution is 2.20. The third-order valence-corrected chi connectivity index (χ3v) is 4.15. The average molecular weight is 342 g/mol. The molecule has 2 aromatic rings. The molecule has 0 bridgehead atoms. The number of carbonyl (C=O) groups is 1. The van der Waals surface area contributed by atoms with Gasteiger partial charge in [0.15, 0.2) is 12.4 Å². The highest BCUT2D eigenvalue weighted by Gasteiger charge is 2.27. The Labute approximate surface area is 146 Å². The van der Waals surface area contributed by atoms with Gasteiger partial charge in [-0.3, -0.25) is 9.69 Å². The molecule has 0 amide bonds. The molecule has 0 radical (unpaired) electrons. The number of hydrogen-bond acceptors (Lipinski definition) is 8. The maximum atomic E-state index is 12.4. The van der Waals surface area contributed by atoms with E-state index in [1.807, 2.05) is 18.2 Å². The fourth-order valence-electron chi connectivity index (χ4n) is 3.01. The van der Waals surface area contributed by atoms with E-state index >= 15 is 0 Å². The second kappa shape index (κ2) is 7.89. The molecule has 1 fully saturated rings. The van der Waals surface area contributed by atoms with Crippen LogP contribution < -0.4 is 11.5 Å². The molecule has 0 aliphatic carbocycles. The van der Waals surface area contributed by atoms with E-state index in [4.69, 9.17) is 16.2 Å². The summed E-state index contributed by atoms with van der Waals surface area (Å²) in [5, 5.41) is 0. The zero-order chi connectivity index (χ0) is 17.6. The number of piperidine rings is 1. The Balaban J connectivity index is 1.53. The van der Waals surface area contributed by atoms with Gasteiger partial charge in [-0.2, -0.15) is 15.0 Å². The lowest BCUT2D eigenvalue weighted by Crippen LogP contribution is -2.38. The lowest BCUT2D eigenvalue weighted by Gasteiger charge is -2.31. The van der Waals surface area contributed by atoms with Crippen molar-refractivity contribution >= 4 is 17.9 Å². The summed E-state index contributed by atoms with van der Waals surface area (Å²) < 4.78 is 5.35. The number of carbonyl (C=O) groups excluding carboxylic acids is 1. The number of nitrogens with zero attached hydrogens (tertiary/aromatic N) is 4. The van der Waals surface area contributed by atoms with Crippen LogP contribution in [0.1, 0.15) is 24.2 Å². The quantitative estimate of drug-likeness (QED) is 0.772. The van der Waals surface area contributed by atoms with Crippen LogP contribution in [0.15, 0.2) is 30.3 Å². The molecule has 1 aliphatic heterocycles. The minimum atomic E-state index is -0.240. The molecule has 1 atom stereocenters. The second-order valence-electron chi connectivity index (χ2n) is 6.14. The van der Waals surface area contributed by atoms with Crippen molar-refractivity contribution in [2.24, 2.45) is 5.92 Å². The predicted octanol–water partition coefficient (Wildman–Crippen LogP) is 0.991. The van der Waals surface area contributed by atoms with Crippen LogP contribution in [0, 0.1) is 5.92 Å². The van der Waals surface area contributed by atoms with Crippen molar-refractivity contribution in [2.45, 2.75) is 26.0 Å². The molecular formula is C17H22N6O2. The normalized spacial score (nSPS) is 18.0. The first-order valence-electron chi connectivity index (χ1n) is 8.29. The average Bonchev–Trinajstić information content (AvgIpc) is 2.60. The first-order chi connectivity index (χ1) is 12.1. The van der Waals surface area contributed by atoms with Gasteiger partial charge in [-0.1, -0.05) is 30.3 Å². The molecule has 0 saturated carbocycles. The molecule has 1 aromatic carbocycles. The number of esters is 1. The zero-order valence-electron chi connectivity index (χ0n) is 14.0. The SMILES string of the molecule is Nc1nc(N)nc(COC(=O)[C@H]2CCCN(Cc3ccccc3)C2)n1. The van der Waals surface area contributed by atoms with Gasteiger partial charge < -0.3 is 16.2 Å². The monoisotopic (exact) mass is 342 g/mol. The topological polar surface area (TPSA) is 120 Å². The molecule has 1 aromatic heterocycles. The van der Waals surface area contributed by atoms with Crippen molar-refractivity contribution in [1.29, 1.82) is 0 Å². The van der Waals surface area contributed by atoms with Gasteiger partial charge in [0, 0.05) is 13.1 Å². The minimum absolute atomic E-state index is 0.0188. The maximum absolute atomic E-state index is 12.4. The zero-order valence-corrected chi connectivity index (χ0v) is 14.0. The Hall–Kier alpha value is -2.74. The number of anilines is 2. The van der Waals surface area contributed by atoms with Crippen molar-refractivity contribution in [3.63, 3.8) is 0 Å². The second-order valence-corrected chi connectivity index (χ2v) is 6.14. The number of nitrogen functional groups attached to an aromatic ring is 2. The standard InChI is InChI=1S/C17H22N6O2/c18-16-20-14(21-17(19)22-16)11-25-15(24)13-7-4-8-23(10-13)9-12-5-2-1-3-6-12/h1-3,5-6,13H,4,7-11H2,(H4,18,19,20,21,22)/t13-/m0/s1. The third-order valence-electron chi connectivity index (χ3n) is 4.15. The smallest absolute Gasteiger partial charge is 0.310 e. The third kappa shape index (κ3) is 4.87. The van der Waals surface area contributed by atoms with Crippen molar-refractivity contribution in [3.8, 4) is 0 Å². The molecule has 0 unspecified atom stereocenters. The molecule has 25 heavy (non-hydrogen) atoms. The number of hydrogen-bond donors (Lipinski definition) is 2. The van der Waals surface area contributed by atoms with Gasteiger partial charge in [-0.15, -0.1) is 0 Å². The summed E-state index contributed by atoms with van der Waals surface area (Å²) in [4.78, 5) is 26.1. The van der Waals surface area contributed by atoms with Crippen molar-refractivity contribution in [2.75, 3.05) is 24.6 Å². The highest BCUT2D eigenvalue weighted by atomic mass is 16.5. The van der Waals surface area contributed by atoms with E-state index in [1.165, 1.54) is 5.56 Å². The van der Waals surface area contributed by atoms with Crippen molar-refractivity contribution in [1.82, 2.24) is 19.9 Å². The molecule has 132 valence electrons. The highest BCUT2D eigenvalue weighted by molar-refractivity contribution is 5.72. The summed E-state index contributed by atoms with van der Waals surface area (Å²) in [5.41, 5.74) is 12.3. The van der Waals surface area contributed by atoms with Gasteiger partial charge in [0.1, 0.15) is 0 Å². The van der Waals surface area contributed by atoms with E-state index in [2.05, 4.69) is 32.0 Å². The van der Waals surface area contributed by atoms with Gasteiger partial charge in [0.2, 0.25) is 11.9 Å². The van der Waals surface area contributed by atoms with Crippen LogP contribution >= 0.6 is 0 Å². The summed E-state index contributed by atoms with van der Waals surface area (Å²) in [7, 11) is 0. The van der Waals surface area contributed by atoms with Gasteiger partial charge in [0.05, 0.1) is 5.92 Å². The fraction of sp³-hybridized carbons (Fsp3) is 0.412. The fourth-order valence-corrected chi connectivity index (χ4v) is 3.01. The van der Waals surface area contributed by atoms with Crippen molar-refractivity contribution < 1.29 is 9.53 Å². The summed E-state index contributed by atoms with van der Waals surface area (Å²) in [6.45, 7) is 2.46. The van der Waals surface area contributed by atoms with E-state index in [9.17, 15) is 4.79 Å². The van der Waals surface area contributed by atoms with E-state index in [0.29, 0.717) is 6.54 Å². The van der Waals surface area contributed by atoms with E-state index < -0.39 is 0 Å². The summed E-state index contributed by atoms with van der Waals surface area (Å²) in [6.07, 6.45) is 1.80. The van der Waals surface area contributed by atoms with Crippen LogP contribution in [-0.4, -0.2) is 38.9 Å². The van der Waals surface area contributed by atoms with Gasteiger partial charge in [-0.05, 0) is 24.9 Å². The van der Waals surface area contributed by atoms with Crippen LogP contribution in [0.4, 0.5) is 11.9 Å². The number of rotatable bonds is 5. The summed E-state index contributed by atoms with van der Waals surface area (Å²) in [6, 6.07) is 10.2. The number of benzene rings is 1. The van der Waals surface area contributed by atoms with E-state index in [-0.39, 0.29) is 36.2 Å². The lowest BCUT2D eigenvalue weighted by atomic mass is 9.98. The Kier molecular flexibility index (Phi) is 5.39. The Morgan fingerprint density at radius 1 is 1.16 bits per heavy atom. The van der Waals surface area contributed by atoms with Crippen LogP contribution in [0.3, 0.4) is 0 Å². The molecule has 2 heterocycles. The van der Waals surface area contributed by atoms with Gasteiger partial charge in [-0.25, -0.2) is 0 Å². The van der Waals surface area contributed by atoms with Crippen molar-refractivity contribution in [3.05, 3.63) is 41.7 Å². The number of ether oxygens (including phenoxy) is 1. The first kappa shape index (κ1) is 17.1. The Morgan fingerprint density at radius 3 is 2.60 bits per heavy atom. The Morgan fingerprint density at radius 2 is 1.88 bits per heavy atom. The Bertz CT molecular complexity index is 704. The first-order valence-corrected chi connectivity index (χ1v) is 8.29. The largest absolute Gasteiger partial charge is 0.457 e. The molecule has 3 rings (SSSR count). The summed E-state index contributed by atoms with van der Waals surface area (Å²) >= 11 is 0. The lowest BCUT2D eigenvalue weighted by molar-refractivity contribution is -0.152. The van der Waals surface area contributed by atoms with Gasteiger partial charge in [0.25, 0.3) is 0 Å².